The average molecular weight is 239 g/mol. The highest BCUT2D eigenvalue weighted by atomic mass is 16.2. The summed E-state index contributed by atoms with van der Waals surface area (Å²) in [6.45, 7) is 3.93. The number of benzene rings is 1. The number of fused-ring (bicyclic) bond motifs is 1. The number of piperidine rings is 1. The van der Waals surface area contributed by atoms with Crippen molar-refractivity contribution < 1.29 is 9.59 Å². The summed E-state index contributed by atoms with van der Waals surface area (Å²) in [5.41, 5.74) is 1.09. The van der Waals surface area contributed by atoms with Crippen molar-refractivity contribution in [1.29, 1.82) is 0 Å². The van der Waals surface area contributed by atoms with Gasteiger partial charge in [0.25, 0.3) is 0 Å². The first kappa shape index (κ1) is 11.0. The quantitative estimate of drug-likeness (QED) is 0.553. The minimum Gasteiger partial charge on any atom is -0.274 e. The summed E-state index contributed by atoms with van der Waals surface area (Å²) in [5.74, 6) is 2.02. The molecule has 0 radical (unpaired) electrons. The van der Waals surface area contributed by atoms with Gasteiger partial charge in [-0.05, 0) is 23.6 Å². The first-order chi connectivity index (χ1) is 8.48. The molecule has 1 aromatic rings. The molecule has 2 aliphatic rings. The zero-order valence-electron chi connectivity index (χ0n) is 10.3. The van der Waals surface area contributed by atoms with E-state index in [1.54, 1.807) is 24.3 Å². The van der Waals surface area contributed by atoms with Crippen LogP contribution in [0.15, 0.2) is 24.3 Å². The van der Waals surface area contributed by atoms with Crippen LogP contribution in [0.4, 0.5) is 5.69 Å². The van der Waals surface area contributed by atoms with E-state index in [2.05, 4.69) is 5.92 Å². The topological polar surface area (TPSA) is 37.4 Å². The second-order valence-corrected chi connectivity index (χ2v) is 5.48. The Morgan fingerprint density at radius 3 is 2.39 bits per heavy atom. The van der Waals surface area contributed by atoms with Gasteiger partial charge in [0.15, 0.2) is 0 Å². The summed E-state index contributed by atoms with van der Waals surface area (Å²) < 4.78 is 0. The Morgan fingerprint density at radius 1 is 1.22 bits per heavy atom. The molecule has 2 amide bonds. The number of hydrogen-bond acceptors (Lipinski definition) is 2. The van der Waals surface area contributed by atoms with Gasteiger partial charge in [0.05, 0.1) is 17.5 Å². The van der Waals surface area contributed by atoms with Crippen LogP contribution < -0.4 is 4.90 Å². The van der Waals surface area contributed by atoms with Gasteiger partial charge in [-0.3, -0.25) is 9.59 Å². The fourth-order valence-electron chi connectivity index (χ4n) is 2.94. The fourth-order valence-corrected chi connectivity index (χ4v) is 2.94. The highest BCUT2D eigenvalue weighted by molar-refractivity contribution is 6.25. The number of terminal acetylenes is 1. The molecule has 2 fully saturated rings. The maximum Gasteiger partial charge on any atom is 0.238 e. The SMILES string of the molecule is C#Cc1cccc(N2C(=O)C3C(C2=O)C3(C)C)c1. The van der Waals surface area contributed by atoms with Crippen molar-refractivity contribution in [3.8, 4) is 12.3 Å². The van der Waals surface area contributed by atoms with Crippen LogP contribution in [0.3, 0.4) is 0 Å². The van der Waals surface area contributed by atoms with Gasteiger partial charge in [-0.15, -0.1) is 6.42 Å². The standard InChI is InChI=1S/C15H13NO2/c1-4-9-6-5-7-10(8-9)16-13(17)11-12(14(16)18)15(11,2)3/h1,5-8,11-12H,2-3H3. The molecule has 1 saturated carbocycles. The fraction of sp³-hybridized carbons (Fsp3) is 0.333. The van der Waals surface area contributed by atoms with Crippen LogP contribution >= 0.6 is 0 Å². The van der Waals surface area contributed by atoms with Gasteiger partial charge in [-0.25, -0.2) is 4.90 Å². The van der Waals surface area contributed by atoms with Crippen molar-refractivity contribution in [1.82, 2.24) is 0 Å². The molecule has 2 atom stereocenters. The van der Waals surface area contributed by atoms with E-state index in [0.29, 0.717) is 11.3 Å². The van der Waals surface area contributed by atoms with Crippen molar-refractivity contribution in [2.75, 3.05) is 4.90 Å². The minimum absolute atomic E-state index is 0.0934. The third kappa shape index (κ3) is 1.20. The number of nitrogens with zero attached hydrogens (tertiary/aromatic N) is 1. The molecule has 1 heterocycles. The second-order valence-electron chi connectivity index (χ2n) is 5.48. The summed E-state index contributed by atoms with van der Waals surface area (Å²) in [6, 6.07) is 6.99. The number of hydrogen-bond donors (Lipinski definition) is 0. The number of amides is 2. The predicted octanol–water partition coefficient (Wildman–Crippen LogP) is 1.81. The van der Waals surface area contributed by atoms with E-state index in [1.807, 2.05) is 13.8 Å². The van der Waals surface area contributed by atoms with Gasteiger partial charge in [-0.2, -0.15) is 0 Å². The molecule has 3 heteroatoms. The molecule has 3 rings (SSSR count). The first-order valence-electron chi connectivity index (χ1n) is 5.93. The lowest BCUT2D eigenvalue weighted by Crippen LogP contribution is -2.36. The monoisotopic (exact) mass is 239 g/mol. The van der Waals surface area contributed by atoms with E-state index in [1.165, 1.54) is 4.90 Å². The summed E-state index contributed by atoms with van der Waals surface area (Å²) in [4.78, 5) is 25.7. The second kappa shape index (κ2) is 3.23. The molecular weight excluding hydrogens is 226 g/mol. The van der Waals surface area contributed by atoms with Crippen LogP contribution in [0.5, 0.6) is 0 Å². The van der Waals surface area contributed by atoms with Gasteiger partial charge in [0.1, 0.15) is 0 Å². The lowest BCUT2D eigenvalue weighted by molar-refractivity contribution is -0.125. The summed E-state index contributed by atoms with van der Waals surface area (Å²) in [6.07, 6.45) is 5.33. The molecule has 0 bridgehead atoms. The maximum absolute atomic E-state index is 12.2. The van der Waals surface area contributed by atoms with Crippen molar-refractivity contribution in [3.05, 3.63) is 29.8 Å². The minimum atomic E-state index is -0.172. The van der Waals surface area contributed by atoms with Crippen LogP contribution in [0, 0.1) is 29.6 Å². The normalized spacial score (nSPS) is 27.9. The van der Waals surface area contributed by atoms with E-state index in [9.17, 15) is 9.59 Å². The largest absolute Gasteiger partial charge is 0.274 e. The number of rotatable bonds is 1. The third-order valence-corrected chi connectivity index (χ3v) is 4.07. The molecule has 0 N–H and O–H groups in total. The highest BCUT2D eigenvalue weighted by Gasteiger charge is 2.72. The zero-order valence-corrected chi connectivity index (χ0v) is 10.3. The molecule has 1 saturated heterocycles. The molecule has 18 heavy (non-hydrogen) atoms. The Bertz CT molecular complexity index is 585. The molecule has 3 nitrogen and oxygen atoms in total. The first-order valence-corrected chi connectivity index (χ1v) is 5.93. The summed E-state index contributed by atoms with van der Waals surface area (Å²) in [5, 5.41) is 0. The predicted molar refractivity (Wildman–Crippen MR) is 67.6 cm³/mol. The lowest BCUT2D eigenvalue weighted by atomic mass is 10.0. The molecule has 2 unspecified atom stereocenters. The smallest absolute Gasteiger partial charge is 0.238 e. The third-order valence-electron chi connectivity index (χ3n) is 4.07. The number of carbonyl (C=O) groups is 2. The van der Waals surface area contributed by atoms with Gasteiger partial charge in [-0.1, -0.05) is 25.8 Å². The van der Waals surface area contributed by atoms with Gasteiger partial charge >= 0.3 is 0 Å². The van der Waals surface area contributed by atoms with Gasteiger partial charge < -0.3 is 0 Å². The van der Waals surface area contributed by atoms with Crippen LogP contribution in [0.1, 0.15) is 19.4 Å². The van der Waals surface area contributed by atoms with Crippen molar-refractivity contribution in [2.24, 2.45) is 17.3 Å². The molecule has 1 aliphatic carbocycles. The van der Waals surface area contributed by atoms with Crippen LogP contribution in [0.25, 0.3) is 0 Å². The van der Waals surface area contributed by atoms with Crippen LogP contribution in [-0.2, 0) is 9.59 Å². The Morgan fingerprint density at radius 2 is 1.83 bits per heavy atom. The van der Waals surface area contributed by atoms with E-state index < -0.39 is 0 Å². The van der Waals surface area contributed by atoms with Gasteiger partial charge in [0, 0.05) is 5.56 Å². The van der Waals surface area contributed by atoms with E-state index >= 15 is 0 Å². The number of anilines is 1. The maximum atomic E-state index is 12.2. The lowest BCUT2D eigenvalue weighted by Gasteiger charge is -2.20. The van der Waals surface area contributed by atoms with Crippen LogP contribution in [-0.4, -0.2) is 11.8 Å². The van der Waals surface area contributed by atoms with Crippen LogP contribution in [0.2, 0.25) is 0 Å². The molecule has 1 aliphatic heterocycles. The Hall–Kier alpha value is -2.08. The summed E-state index contributed by atoms with van der Waals surface area (Å²) >= 11 is 0. The Labute approximate surface area is 106 Å². The van der Waals surface area contributed by atoms with Crippen molar-refractivity contribution in [3.63, 3.8) is 0 Å². The summed E-state index contributed by atoms with van der Waals surface area (Å²) in [7, 11) is 0. The van der Waals surface area contributed by atoms with E-state index in [-0.39, 0.29) is 29.1 Å². The van der Waals surface area contributed by atoms with E-state index in [4.69, 9.17) is 6.42 Å². The van der Waals surface area contributed by atoms with Crippen molar-refractivity contribution >= 4 is 17.5 Å². The molecule has 0 aromatic heterocycles. The number of carbonyl (C=O) groups excluding carboxylic acids is 2. The molecular formula is C15H13NO2. The molecule has 90 valence electrons. The molecule has 0 spiro atoms. The number of imide groups is 1. The molecule has 1 aromatic carbocycles. The Kier molecular flexibility index (Phi) is 1.98. The van der Waals surface area contributed by atoms with Crippen molar-refractivity contribution in [2.45, 2.75) is 13.8 Å². The van der Waals surface area contributed by atoms with E-state index in [0.717, 1.165) is 0 Å². The Balaban J connectivity index is 1.99. The van der Waals surface area contributed by atoms with Gasteiger partial charge in [0.2, 0.25) is 11.8 Å². The highest BCUT2D eigenvalue weighted by Crippen LogP contribution is 2.63. The average Bonchev–Trinajstić information content (AvgIpc) is 2.79. The zero-order chi connectivity index (χ0) is 13.1.